The lowest BCUT2D eigenvalue weighted by Crippen LogP contribution is -2.43. The van der Waals surface area contributed by atoms with Crippen LogP contribution in [0.4, 0.5) is 5.69 Å². The molecule has 1 saturated heterocycles. The van der Waals surface area contributed by atoms with Crippen molar-refractivity contribution in [2.24, 2.45) is 5.92 Å². The summed E-state index contributed by atoms with van der Waals surface area (Å²) in [5.41, 5.74) is 0.614. The number of hydrogen-bond acceptors (Lipinski definition) is 8. The van der Waals surface area contributed by atoms with Gasteiger partial charge in [-0.15, -0.1) is 11.3 Å². The molecule has 0 spiro atoms. The maximum absolute atomic E-state index is 13.4. The van der Waals surface area contributed by atoms with Gasteiger partial charge in [0, 0.05) is 36.6 Å². The van der Waals surface area contributed by atoms with Crippen molar-refractivity contribution < 1.29 is 22.5 Å². The number of hydrogen-bond donors (Lipinski definition) is 1. The molecule has 1 aliphatic rings. The average molecular weight is 477 g/mol. The van der Waals surface area contributed by atoms with E-state index in [1.165, 1.54) is 15.6 Å². The van der Waals surface area contributed by atoms with Crippen molar-refractivity contribution in [2.45, 2.75) is 31.6 Å². The normalized spacial score (nSPS) is 17.3. The quantitative estimate of drug-likeness (QED) is 0.579. The summed E-state index contributed by atoms with van der Waals surface area (Å²) in [6.45, 7) is 3.94. The number of carbonyl (C=O) groups excluding carboxylic acids is 1. The molecule has 1 N–H and O–H groups in total. The zero-order chi connectivity index (χ0) is 22.9. The van der Waals surface area contributed by atoms with Crippen LogP contribution in [0, 0.1) is 19.8 Å². The van der Waals surface area contributed by atoms with Crippen molar-refractivity contribution in [3.8, 4) is 16.5 Å². The summed E-state index contributed by atoms with van der Waals surface area (Å²) < 4.78 is 38.4. The molecule has 1 aromatic carbocycles. The summed E-state index contributed by atoms with van der Waals surface area (Å²) >= 11 is 1.30. The van der Waals surface area contributed by atoms with Crippen molar-refractivity contribution in [1.29, 1.82) is 0 Å². The summed E-state index contributed by atoms with van der Waals surface area (Å²) in [5.74, 6) is 0.768. The Morgan fingerprint density at radius 1 is 1.31 bits per heavy atom. The summed E-state index contributed by atoms with van der Waals surface area (Å²) in [6, 6.07) is 8.66. The monoisotopic (exact) mass is 476 g/mol. The number of nitrogens with one attached hydrogen (secondary N) is 1. The summed E-state index contributed by atoms with van der Waals surface area (Å²) in [4.78, 5) is 18.5. The number of rotatable bonds is 6. The van der Waals surface area contributed by atoms with Gasteiger partial charge in [0.25, 0.3) is 0 Å². The third kappa shape index (κ3) is 4.54. The Hall–Kier alpha value is -2.76. The number of carbonyl (C=O) groups is 1. The highest BCUT2D eigenvalue weighted by Gasteiger charge is 2.35. The largest absolute Gasteiger partial charge is 0.497 e. The van der Waals surface area contributed by atoms with Crippen LogP contribution in [0.25, 0.3) is 10.7 Å². The van der Waals surface area contributed by atoms with Gasteiger partial charge in [-0.1, -0.05) is 11.2 Å². The first-order valence-electron chi connectivity index (χ1n) is 10.1. The van der Waals surface area contributed by atoms with Gasteiger partial charge >= 0.3 is 0 Å². The van der Waals surface area contributed by atoms with Gasteiger partial charge in [-0.2, -0.15) is 9.29 Å². The van der Waals surface area contributed by atoms with Crippen LogP contribution in [0.3, 0.4) is 0 Å². The fourth-order valence-electron chi connectivity index (χ4n) is 3.69. The van der Waals surface area contributed by atoms with Crippen LogP contribution in [0.15, 0.2) is 39.8 Å². The third-order valence-electron chi connectivity index (χ3n) is 5.33. The second kappa shape index (κ2) is 9.00. The van der Waals surface area contributed by atoms with Crippen LogP contribution in [0.5, 0.6) is 5.75 Å². The van der Waals surface area contributed by atoms with Crippen molar-refractivity contribution >= 4 is 33.0 Å². The second-order valence-electron chi connectivity index (χ2n) is 7.59. The molecule has 1 fully saturated rings. The molecule has 0 saturated carbocycles. The van der Waals surface area contributed by atoms with E-state index in [-0.39, 0.29) is 17.3 Å². The van der Waals surface area contributed by atoms with Crippen LogP contribution >= 0.6 is 11.3 Å². The van der Waals surface area contributed by atoms with Crippen molar-refractivity contribution in [3.05, 3.63) is 41.1 Å². The van der Waals surface area contributed by atoms with Crippen molar-refractivity contribution in [1.82, 2.24) is 14.4 Å². The van der Waals surface area contributed by atoms with Gasteiger partial charge in [0.2, 0.25) is 27.6 Å². The lowest BCUT2D eigenvalue weighted by molar-refractivity contribution is -0.120. The van der Waals surface area contributed by atoms with Gasteiger partial charge in [-0.05, 0) is 38.0 Å². The Kier molecular flexibility index (Phi) is 6.31. The smallest absolute Gasteiger partial charge is 0.244 e. The Balaban J connectivity index is 1.51. The molecule has 32 heavy (non-hydrogen) atoms. The maximum atomic E-state index is 13.4. The van der Waals surface area contributed by atoms with E-state index >= 15 is 0 Å². The number of benzene rings is 1. The molecule has 1 aliphatic heterocycles. The van der Waals surface area contributed by atoms with Gasteiger partial charge in [-0.25, -0.2) is 8.42 Å². The van der Waals surface area contributed by atoms with E-state index in [1.54, 1.807) is 51.3 Å². The van der Waals surface area contributed by atoms with E-state index < -0.39 is 15.9 Å². The molecule has 3 heterocycles. The number of sulfonamides is 1. The number of ether oxygens (including phenoxy) is 1. The molecule has 2 aromatic heterocycles. The van der Waals surface area contributed by atoms with E-state index in [0.717, 1.165) is 0 Å². The molecular weight excluding hydrogens is 452 g/mol. The summed E-state index contributed by atoms with van der Waals surface area (Å²) in [7, 11) is -2.21. The third-order valence-corrected chi connectivity index (χ3v) is 8.50. The van der Waals surface area contributed by atoms with Crippen LogP contribution in [-0.4, -0.2) is 49.0 Å². The number of aryl methyl sites for hydroxylation is 2. The fraction of sp³-hybridized carbons (Fsp3) is 0.381. The minimum absolute atomic E-state index is 0.129. The standard InChI is InChI=1S/C21H24N4O5S2/c1-13-19(11-18(31-13)20-22-14(2)30-24-20)32(27,28)25-9-5-6-15(12-25)21(26)23-16-7-4-8-17(10-16)29-3/h4,7-8,10-11,15H,5-6,9,12H2,1-3H3,(H,23,26)/t15-/m1/s1. The highest BCUT2D eigenvalue weighted by atomic mass is 32.2. The lowest BCUT2D eigenvalue weighted by atomic mass is 9.98. The molecule has 0 radical (unpaired) electrons. The highest BCUT2D eigenvalue weighted by molar-refractivity contribution is 7.89. The van der Waals surface area contributed by atoms with Crippen LogP contribution < -0.4 is 10.1 Å². The molecule has 0 aliphatic carbocycles. The van der Waals surface area contributed by atoms with Crippen LogP contribution in [-0.2, 0) is 14.8 Å². The number of methoxy groups -OCH3 is 1. The predicted molar refractivity (Wildman–Crippen MR) is 120 cm³/mol. The Morgan fingerprint density at radius 3 is 2.84 bits per heavy atom. The molecule has 4 rings (SSSR count). The van der Waals surface area contributed by atoms with E-state index in [4.69, 9.17) is 9.26 Å². The van der Waals surface area contributed by atoms with Crippen molar-refractivity contribution in [2.75, 3.05) is 25.5 Å². The Morgan fingerprint density at radius 2 is 2.12 bits per heavy atom. The van der Waals surface area contributed by atoms with Crippen LogP contribution in [0.1, 0.15) is 23.6 Å². The molecule has 1 atom stereocenters. The van der Waals surface area contributed by atoms with E-state index in [1.807, 2.05) is 0 Å². The first-order chi connectivity index (χ1) is 15.3. The molecular formula is C21H24N4O5S2. The van der Waals surface area contributed by atoms with Crippen molar-refractivity contribution in [3.63, 3.8) is 0 Å². The van der Waals surface area contributed by atoms with E-state index in [0.29, 0.717) is 52.3 Å². The SMILES string of the molecule is COc1cccc(NC(=O)[C@@H]2CCCN(S(=O)(=O)c3cc(-c4noc(C)n4)sc3C)C2)c1. The first-order valence-corrected chi connectivity index (χ1v) is 12.4. The van der Waals surface area contributed by atoms with E-state index in [2.05, 4.69) is 15.5 Å². The van der Waals surface area contributed by atoms with Gasteiger partial charge < -0.3 is 14.6 Å². The summed E-state index contributed by atoms with van der Waals surface area (Å²) in [6.07, 6.45) is 1.23. The lowest BCUT2D eigenvalue weighted by Gasteiger charge is -2.31. The number of anilines is 1. The zero-order valence-corrected chi connectivity index (χ0v) is 19.6. The molecule has 0 unspecified atom stereocenters. The number of aromatic nitrogens is 2. The Labute approximate surface area is 190 Å². The van der Waals surface area contributed by atoms with Crippen LogP contribution in [0.2, 0.25) is 0 Å². The van der Waals surface area contributed by atoms with Gasteiger partial charge in [0.15, 0.2) is 0 Å². The molecule has 1 amide bonds. The molecule has 170 valence electrons. The second-order valence-corrected chi connectivity index (χ2v) is 10.8. The Bertz CT molecular complexity index is 1230. The summed E-state index contributed by atoms with van der Waals surface area (Å²) in [5, 5.41) is 6.75. The molecule has 9 nitrogen and oxygen atoms in total. The maximum Gasteiger partial charge on any atom is 0.244 e. The number of amides is 1. The van der Waals surface area contributed by atoms with Gasteiger partial charge in [0.05, 0.1) is 22.8 Å². The average Bonchev–Trinajstić information content (AvgIpc) is 3.39. The predicted octanol–water partition coefficient (Wildman–Crippen LogP) is 3.46. The highest BCUT2D eigenvalue weighted by Crippen LogP contribution is 2.35. The fourth-order valence-corrected chi connectivity index (χ4v) is 6.70. The first kappa shape index (κ1) is 22.4. The number of nitrogens with zero attached hydrogens (tertiary/aromatic N) is 3. The topological polar surface area (TPSA) is 115 Å². The zero-order valence-electron chi connectivity index (χ0n) is 18.0. The number of piperidine rings is 1. The van der Waals surface area contributed by atoms with Gasteiger partial charge in [0.1, 0.15) is 5.75 Å². The van der Waals surface area contributed by atoms with E-state index in [9.17, 15) is 13.2 Å². The van der Waals surface area contributed by atoms with Gasteiger partial charge in [-0.3, -0.25) is 4.79 Å². The minimum atomic E-state index is -3.77. The molecule has 0 bridgehead atoms. The minimum Gasteiger partial charge on any atom is -0.497 e. The molecule has 3 aromatic rings. The number of thiophene rings is 1. The molecule has 11 heteroatoms.